The predicted octanol–water partition coefficient (Wildman–Crippen LogP) is 3.20. The lowest BCUT2D eigenvalue weighted by Crippen LogP contribution is -2.36. The van der Waals surface area contributed by atoms with Crippen molar-refractivity contribution in [1.82, 2.24) is 14.7 Å². The lowest BCUT2D eigenvalue weighted by molar-refractivity contribution is -0.129. The molecule has 1 aromatic heterocycles. The standard InChI is InChI=1S/C24H28N4O2/c1-3-18-6-7-19-5-4-11-27(23(19)15-18)24-21-16-26(17(2)29)12-8-22(21)28(25-24)20-9-13-30-14-10-20/h1,6-7,15,20H,4-5,8-14,16H2,2H3. The van der Waals surface area contributed by atoms with Crippen LogP contribution < -0.4 is 4.90 Å². The number of aromatic nitrogens is 2. The lowest BCUT2D eigenvalue weighted by atomic mass is 9.98. The van der Waals surface area contributed by atoms with E-state index in [0.717, 1.165) is 75.5 Å². The van der Waals surface area contributed by atoms with Crippen LogP contribution in [0.3, 0.4) is 0 Å². The summed E-state index contributed by atoms with van der Waals surface area (Å²) in [4.78, 5) is 16.4. The topological polar surface area (TPSA) is 50.6 Å². The van der Waals surface area contributed by atoms with Gasteiger partial charge in [-0.25, -0.2) is 0 Å². The van der Waals surface area contributed by atoms with E-state index in [1.54, 1.807) is 6.92 Å². The fraction of sp³-hybridized carbons (Fsp3) is 0.500. The molecule has 0 unspecified atom stereocenters. The molecule has 0 radical (unpaired) electrons. The molecule has 0 spiro atoms. The minimum atomic E-state index is 0.124. The molecule has 3 aliphatic rings. The second-order valence-electron chi connectivity index (χ2n) is 8.47. The van der Waals surface area contributed by atoms with Gasteiger partial charge in [-0.2, -0.15) is 5.10 Å². The van der Waals surface area contributed by atoms with E-state index in [-0.39, 0.29) is 5.91 Å². The highest BCUT2D eigenvalue weighted by atomic mass is 16.5. The zero-order valence-corrected chi connectivity index (χ0v) is 17.6. The Morgan fingerprint density at radius 1 is 1.23 bits per heavy atom. The van der Waals surface area contributed by atoms with E-state index >= 15 is 0 Å². The Morgan fingerprint density at radius 3 is 2.83 bits per heavy atom. The summed E-state index contributed by atoms with van der Waals surface area (Å²) in [6.07, 6.45) is 10.6. The van der Waals surface area contributed by atoms with Gasteiger partial charge in [-0.3, -0.25) is 9.48 Å². The zero-order chi connectivity index (χ0) is 20.7. The van der Waals surface area contributed by atoms with Gasteiger partial charge in [0.15, 0.2) is 5.82 Å². The van der Waals surface area contributed by atoms with Gasteiger partial charge in [0.05, 0.1) is 12.6 Å². The van der Waals surface area contributed by atoms with Gasteiger partial charge in [0.2, 0.25) is 5.91 Å². The number of carbonyl (C=O) groups is 1. The minimum absolute atomic E-state index is 0.124. The van der Waals surface area contributed by atoms with Crippen molar-refractivity contribution < 1.29 is 9.53 Å². The van der Waals surface area contributed by atoms with Crippen LogP contribution in [0.25, 0.3) is 0 Å². The molecule has 4 heterocycles. The molecule has 1 amide bonds. The summed E-state index contributed by atoms with van der Waals surface area (Å²) in [5.74, 6) is 3.89. The molecular weight excluding hydrogens is 376 g/mol. The number of aryl methyl sites for hydroxylation is 1. The molecule has 156 valence electrons. The normalized spacial score (nSPS) is 19.2. The van der Waals surface area contributed by atoms with E-state index in [1.807, 2.05) is 11.0 Å². The first-order valence-corrected chi connectivity index (χ1v) is 11.0. The van der Waals surface area contributed by atoms with Gasteiger partial charge >= 0.3 is 0 Å². The number of hydrogen-bond acceptors (Lipinski definition) is 4. The van der Waals surface area contributed by atoms with Crippen molar-refractivity contribution >= 4 is 17.4 Å². The summed E-state index contributed by atoms with van der Waals surface area (Å²) >= 11 is 0. The quantitative estimate of drug-likeness (QED) is 0.722. The van der Waals surface area contributed by atoms with Crippen molar-refractivity contribution in [2.45, 2.75) is 51.6 Å². The Labute approximate surface area is 177 Å². The van der Waals surface area contributed by atoms with Crippen molar-refractivity contribution in [3.8, 4) is 12.3 Å². The van der Waals surface area contributed by atoms with E-state index < -0.39 is 0 Å². The molecule has 5 rings (SSSR count). The second kappa shape index (κ2) is 7.81. The number of benzene rings is 1. The molecule has 0 aliphatic carbocycles. The summed E-state index contributed by atoms with van der Waals surface area (Å²) in [5, 5.41) is 5.18. The molecule has 1 fully saturated rings. The number of anilines is 2. The molecule has 0 bridgehead atoms. The van der Waals surface area contributed by atoms with E-state index in [1.165, 1.54) is 16.8 Å². The summed E-state index contributed by atoms with van der Waals surface area (Å²) < 4.78 is 7.84. The van der Waals surface area contributed by atoms with Crippen LogP contribution in [0.15, 0.2) is 18.2 Å². The van der Waals surface area contributed by atoms with Crippen LogP contribution in [-0.4, -0.2) is 46.9 Å². The van der Waals surface area contributed by atoms with Crippen molar-refractivity contribution in [2.24, 2.45) is 0 Å². The Hall–Kier alpha value is -2.78. The summed E-state index contributed by atoms with van der Waals surface area (Å²) in [6.45, 7) is 5.53. The average molecular weight is 405 g/mol. The summed E-state index contributed by atoms with van der Waals surface area (Å²) in [5.41, 5.74) is 5.85. The molecule has 2 aromatic rings. The lowest BCUT2D eigenvalue weighted by Gasteiger charge is -2.32. The van der Waals surface area contributed by atoms with Gasteiger partial charge < -0.3 is 14.5 Å². The summed E-state index contributed by atoms with van der Waals surface area (Å²) in [7, 11) is 0. The van der Waals surface area contributed by atoms with Crippen LogP contribution in [0.4, 0.5) is 11.5 Å². The van der Waals surface area contributed by atoms with Gasteiger partial charge in [0.1, 0.15) is 0 Å². The van der Waals surface area contributed by atoms with Crippen molar-refractivity contribution in [2.75, 3.05) is 31.2 Å². The zero-order valence-electron chi connectivity index (χ0n) is 17.6. The number of rotatable bonds is 2. The maximum atomic E-state index is 12.1. The van der Waals surface area contributed by atoms with E-state index in [2.05, 4.69) is 27.6 Å². The van der Waals surface area contributed by atoms with Crippen LogP contribution in [0.2, 0.25) is 0 Å². The third-order valence-corrected chi connectivity index (χ3v) is 6.67. The molecule has 0 saturated carbocycles. The van der Waals surface area contributed by atoms with Crippen LogP contribution in [0.1, 0.15) is 54.6 Å². The molecule has 6 heteroatoms. The Bertz CT molecular complexity index is 1010. The van der Waals surface area contributed by atoms with Gasteiger partial charge in [0, 0.05) is 62.2 Å². The third-order valence-electron chi connectivity index (χ3n) is 6.67. The minimum Gasteiger partial charge on any atom is -0.381 e. The van der Waals surface area contributed by atoms with Gasteiger partial charge in [-0.15, -0.1) is 6.42 Å². The van der Waals surface area contributed by atoms with Gasteiger partial charge in [-0.05, 0) is 43.4 Å². The molecule has 3 aliphatic heterocycles. The van der Waals surface area contributed by atoms with Gasteiger partial charge in [0.25, 0.3) is 0 Å². The van der Waals surface area contributed by atoms with Crippen LogP contribution in [0.5, 0.6) is 0 Å². The molecule has 0 atom stereocenters. The van der Waals surface area contributed by atoms with Crippen molar-refractivity contribution in [3.63, 3.8) is 0 Å². The third kappa shape index (κ3) is 3.27. The van der Waals surface area contributed by atoms with Gasteiger partial charge in [-0.1, -0.05) is 12.0 Å². The van der Waals surface area contributed by atoms with Crippen molar-refractivity contribution in [3.05, 3.63) is 40.6 Å². The Morgan fingerprint density at radius 2 is 2.07 bits per heavy atom. The number of ether oxygens (including phenoxy) is 1. The number of hydrogen-bond donors (Lipinski definition) is 0. The predicted molar refractivity (Wildman–Crippen MR) is 116 cm³/mol. The highest BCUT2D eigenvalue weighted by molar-refractivity contribution is 5.75. The molecule has 1 aromatic carbocycles. The number of fused-ring (bicyclic) bond motifs is 2. The first-order chi connectivity index (χ1) is 14.7. The maximum absolute atomic E-state index is 12.1. The first-order valence-electron chi connectivity index (χ1n) is 11.0. The first kappa shape index (κ1) is 19.2. The smallest absolute Gasteiger partial charge is 0.219 e. The van der Waals surface area contributed by atoms with E-state index in [9.17, 15) is 4.79 Å². The summed E-state index contributed by atoms with van der Waals surface area (Å²) in [6, 6.07) is 6.66. The molecule has 6 nitrogen and oxygen atoms in total. The van der Waals surface area contributed by atoms with Crippen molar-refractivity contribution in [1.29, 1.82) is 0 Å². The van der Waals surface area contributed by atoms with Crippen LogP contribution in [0, 0.1) is 12.3 Å². The van der Waals surface area contributed by atoms with E-state index in [0.29, 0.717) is 12.6 Å². The Kier molecular flexibility index (Phi) is 5.00. The largest absolute Gasteiger partial charge is 0.381 e. The molecule has 0 N–H and O–H groups in total. The number of amides is 1. The van der Waals surface area contributed by atoms with Crippen LogP contribution >= 0.6 is 0 Å². The second-order valence-corrected chi connectivity index (χ2v) is 8.47. The van der Waals surface area contributed by atoms with Crippen LogP contribution in [-0.2, 0) is 28.9 Å². The number of carbonyl (C=O) groups excluding carboxylic acids is 1. The highest BCUT2D eigenvalue weighted by Gasteiger charge is 2.33. The van der Waals surface area contributed by atoms with E-state index in [4.69, 9.17) is 16.3 Å². The molecular formula is C24H28N4O2. The molecule has 1 saturated heterocycles. The molecule has 30 heavy (non-hydrogen) atoms. The Balaban J connectivity index is 1.61. The SMILES string of the molecule is C#Cc1ccc2c(c1)N(c1nn(C3CCOCC3)c3c1CN(C(C)=O)CC3)CCC2. The highest BCUT2D eigenvalue weighted by Crippen LogP contribution is 2.39. The fourth-order valence-electron chi connectivity index (χ4n) is 5.03. The monoisotopic (exact) mass is 404 g/mol. The maximum Gasteiger partial charge on any atom is 0.219 e. The number of terminal acetylenes is 1. The average Bonchev–Trinajstić information content (AvgIpc) is 3.17. The fourth-order valence-corrected chi connectivity index (χ4v) is 5.03. The number of nitrogens with zero attached hydrogens (tertiary/aromatic N) is 4.